The van der Waals surface area contributed by atoms with Gasteiger partial charge in [-0.25, -0.2) is 9.59 Å². The minimum atomic E-state index is -0.568. The lowest BCUT2D eigenvalue weighted by molar-refractivity contribution is -0.145. The van der Waals surface area contributed by atoms with E-state index in [2.05, 4.69) is 5.32 Å². The Balaban J connectivity index is 1.51. The van der Waals surface area contributed by atoms with Crippen molar-refractivity contribution in [2.75, 3.05) is 6.54 Å². The molecule has 140 valence electrons. The molecule has 0 spiro atoms. The SMILES string of the molecule is O=C(CCCCCNC(=O)OCc1ccccc1)On1c(O)ccc1O. The third-order valence-corrected chi connectivity index (χ3v) is 3.53. The fourth-order valence-electron chi connectivity index (χ4n) is 2.18. The Kier molecular flexibility index (Phi) is 7.35. The molecule has 1 heterocycles. The summed E-state index contributed by atoms with van der Waals surface area (Å²) in [4.78, 5) is 28.0. The number of nitrogens with zero attached hydrogens (tertiary/aromatic N) is 1. The van der Waals surface area contributed by atoms with Gasteiger partial charge in [0.1, 0.15) is 6.61 Å². The van der Waals surface area contributed by atoms with Crippen LogP contribution in [-0.4, -0.2) is 33.6 Å². The predicted molar refractivity (Wildman–Crippen MR) is 92.4 cm³/mol. The zero-order valence-electron chi connectivity index (χ0n) is 14.3. The molecule has 8 heteroatoms. The van der Waals surface area contributed by atoms with Gasteiger partial charge in [0.05, 0.1) is 0 Å². The lowest BCUT2D eigenvalue weighted by atomic mass is 10.2. The molecule has 0 unspecified atom stereocenters. The average molecular weight is 362 g/mol. The van der Waals surface area contributed by atoms with Crippen LogP contribution in [0.25, 0.3) is 0 Å². The van der Waals surface area contributed by atoms with E-state index in [1.54, 1.807) is 0 Å². The lowest BCUT2D eigenvalue weighted by Crippen LogP contribution is -2.25. The van der Waals surface area contributed by atoms with Gasteiger partial charge in [-0.3, -0.25) is 0 Å². The van der Waals surface area contributed by atoms with Crippen LogP contribution in [-0.2, 0) is 16.1 Å². The second-order valence-corrected chi connectivity index (χ2v) is 5.61. The number of alkyl carbamates (subject to hydrolysis) is 1. The number of unbranched alkanes of at least 4 members (excludes halogenated alkanes) is 2. The number of carbonyl (C=O) groups excluding carboxylic acids is 2. The summed E-state index contributed by atoms with van der Waals surface area (Å²) >= 11 is 0. The number of hydrogen-bond donors (Lipinski definition) is 3. The maximum absolute atomic E-state index is 11.6. The van der Waals surface area contributed by atoms with Crippen LogP contribution in [0.2, 0.25) is 0 Å². The van der Waals surface area contributed by atoms with Gasteiger partial charge in [0.2, 0.25) is 11.8 Å². The summed E-state index contributed by atoms with van der Waals surface area (Å²) in [6.45, 7) is 0.666. The minimum Gasteiger partial charge on any atom is -0.492 e. The average Bonchev–Trinajstić information content (AvgIpc) is 2.95. The fraction of sp³-hybridized carbons (Fsp3) is 0.333. The number of aromatic nitrogens is 1. The largest absolute Gasteiger partial charge is 0.492 e. The molecular weight excluding hydrogens is 340 g/mol. The highest BCUT2D eigenvalue weighted by Crippen LogP contribution is 2.18. The first-order valence-corrected chi connectivity index (χ1v) is 8.31. The van der Waals surface area contributed by atoms with E-state index in [1.807, 2.05) is 30.3 Å². The van der Waals surface area contributed by atoms with Crippen LogP contribution < -0.4 is 10.2 Å². The highest BCUT2D eigenvalue weighted by Gasteiger charge is 2.11. The number of amides is 1. The molecule has 3 N–H and O–H groups in total. The molecule has 0 saturated heterocycles. The number of aromatic hydroxyl groups is 2. The second kappa shape index (κ2) is 9.97. The Morgan fingerprint density at radius 3 is 2.35 bits per heavy atom. The number of nitrogens with one attached hydrogen (secondary N) is 1. The molecule has 2 aromatic rings. The third-order valence-electron chi connectivity index (χ3n) is 3.53. The molecule has 0 fully saturated rings. The van der Waals surface area contributed by atoms with Crippen LogP contribution in [0.4, 0.5) is 4.79 Å². The van der Waals surface area contributed by atoms with E-state index in [-0.39, 0.29) is 24.8 Å². The fourth-order valence-corrected chi connectivity index (χ4v) is 2.18. The van der Waals surface area contributed by atoms with Gasteiger partial charge in [-0.15, -0.1) is 4.73 Å². The van der Waals surface area contributed by atoms with E-state index in [0.717, 1.165) is 5.56 Å². The van der Waals surface area contributed by atoms with Crippen molar-refractivity contribution in [3.8, 4) is 11.8 Å². The monoisotopic (exact) mass is 362 g/mol. The Morgan fingerprint density at radius 2 is 1.65 bits per heavy atom. The Hall–Kier alpha value is -3.16. The summed E-state index contributed by atoms with van der Waals surface area (Å²) in [5.74, 6) is -1.27. The van der Waals surface area contributed by atoms with Crippen molar-refractivity contribution in [3.05, 3.63) is 48.0 Å². The van der Waals surface area contributed by atoms with Gasteiger partial charge < -0.3 is 25.1 Å². The number of ether oxygens (including phenoxy) is 1. The second-order valence-electron chi connectivity index (χ2n) is 5.61. The van der Waals surface area contributed by atoms with E-state index in [4.69, 9.17) is 9.57 Å². The maximum Gasteiger partial charge on any atom is 0.407 e. The first-order valence-electron chi connectivity index (χ1n) is 8.31. The van der Waals surface area contributed by atoms with Crippen LogP contribution in [0.15, 0.2) is 42.5 Å². The van der Waals surface area contributed by atoms with E-state index in [1.165, 1.54) is 12.1 Å². The van der Waals surface area contributed by atoms with Crippen molar-refractivity contribution in [2.24, 2.45) is 0 Å². The molecule has 2 rings (SSSR count). The summed E-state index contributed by atoms with van der Waals surface area (Å²) < 4.78 is 5.74. The molecule has 0 aliphatic heterocycles. The third kappa shape index (κ3) is 6.39. The van der Waals surface area contributed by atoms with Gasteiger partial charge in [0, 0.05) is 25.1 Å². The number of hydrogen-bond acceptors (Lipinski definition) is 6. The molecule has 0 radical (unpaired) electrons. The Morgan fingerprint density at radius 1 is 0.962 bits per heavy atom. The number of carbonyl (C=O) groups is 2. The van der Waals surface area contributed by atoms with Gasteiger partial charge in [0.25, 0.3) is 0 Å². The normalized spacial score (nSPS) is 10.3. The Labute approximate surface area is 150 Å². The number of rotatable bonds is 9. The standard InChI is InChI=1S/C18H22N2O6/c21-15-10-11-16(22)20(15)26-17(23)9-5-2-6-12-19-18(24)25-13-14-7-3-1-4-8-14/h1,3-4,7-8,10-11,21-22H,2,5-6,9,12-13H2,(H,19,24). The summed E-state index contributed by atoms with van der Waals surface area (Å²) in [5, 5.41) is 21.4. The first kappa shape index (κ1) is 19.2. The molecule has 0 bridgehead atoms. The topological polar surface area (TPSA) is 110 Å². The molecule has 0 atom stereocenters. The highest BCUT2D eigenvalue weighted by atomic mass is 16.7. The van der Waals surface area contributed by atoms with E-state index in [9.17, 15) is 19.8 Å². The quantitative estimate of drug-likeness (QED) is 0.591. The molecule has 0 aliphatic rings. The molecule has 8 nitrogen and oxygen atoms in total. The van der Waals surface area contributed by atoms with Crippen molar-refractivity contribution >= 4 is 12.1 Å². The summed E-state index contributed by atoms with van der Waals surface area (Å²) in [7, 11) is 0. The molecular formula is C18H22N2O6. The van der Waals surface area contributed by atoms with Crippen molar-refractivity contribution in [1.29, 1.82) is 0 Å². The van der Waals surface area contributed by atoms with Crippen LogP contribution in [0.1, 0.15) is 31.2 Å². The zero-order chi connectivity index (χ0) is 18.8. The van der Waals surface area contributed by atoms with E-state index >= 15 is 0 Å². The van der Waals surface area contributed by atoms with Crippen LogP contribution in [0, 0.1) is 0 Å². The van der Waals surface area contributed by atoms with E-state index < -0.39 is 12.1 Å². The summed E-state index contributed by atoms with van der Waals surface area (Å²) in [5.41, 5.74) is 0.918. The smallest absolute Gasteiger partial charge is 0.407 e. The zero-order valence-corrected chi connectivity index (χ0v) is 14.3. The molecule has 1 aromatic heterocycles. The van der Waals surface area contributed by atoms with Crippen LogP contribution in [0.5, 0.6) is 11.8 Å². The maximum atomic E-state index is 11.6. The Bertz CT molecular complexity index is 694. The van der Waals surface area contributed by atoms with Gasteiger partial charge in [0.15, 0.2) is 0 Å². The van der Waals surface area contributed by atoms with Gasteiger partial charge >= 0.3 is 12.1 Å². The van der Waals surface area contributed by atoms with Crippen LogP contribution in [0.3, 0.4) is 0 Å². The molecule has 0 saturated carbocycles. The predicted octanol–water partition coefficient (Wildman–Crippen LogP) is 2.34. The molecule has 1 aromatic carbocycles. The van der Waals surface area contributed by atoms with Gasteiger partial charge in [-0.05, 0) is 18.4 Å². The van der Waals surface area contributed by atoms with Crippen molar-refractivity contribution in [1.82, 2.24) is 10.0 Å². The summed E-state index contributed by atoms with van der Waals surface area (Å²) in [6.07, 6.45) is 1.61. The van der Waals surface area contributed by atoms with Crippen LogP contribution >= 0.6 is 0 Å². The molecule has 26 heavy (non-hydrogen) atoms. The van der Waals surface area contributed by atoms with Crippen molar-refractivity contribution in [2.45, 2.75) is 32.3 Å². The van der Waals surface area contributed by atoms with E-state index in [0.29, 0.717) is 30.5 Å². The first-order chi connectivity index (χ1) is 12.6. The van der Waals surface area contributed by atoms with Crippen molar-refractivity contribution in [3.63, 3.8) is 0 Å². The number of benzene rings is 1. The summed E-state index contributed by atoms with van der Waals surface area (Å²) in [6, 6.07) is 11.8. The van der Waals surface area contributed by atoms with Gasteiger partial charge in [-0.1, -0.05) is 36.8 Å². The molecule has 1 amide bonds. The lowest BCUT2D eigenvalue weighted by Gasteiger charge is -2.08. The van der Waals surface area contributed by atoms with Gasteiger partial charge in [-0.2, -0.15) is 0 Å². The minimum absolute atomic E-state index is 0.134. The molecule has 0 aliphatic carbocycles. The van der Waals surface area contributed by atoms with Crippen molar-refractivity contribution < 1.29 is 29.4 Å². The highest BCUT2D eigenvalue weighted by molar-refractivity contribution is 5.69.